The first-order valence-electron chi connectivity index (χ1n) is 29.9. The molecule has 10 heterocycles. The Morgan fingerprint density at radius 1 is 0.239 bits per heavy atom. The lowest BCUT2D eigenvalue weighted by atomic mass is 9.97. The third kappa shape index (κ3) is 9.35. The van der Waals surface area contributed by atoms with Crippen molar-refractivity contribution in [1.82, 2.24) is 39.9 Å². The van der Waals surface area contributed by atoms with Gasteiger partial charge in [-0.2, -0.15) is 0 Å². The summed E-state index contributed by atoms with van der Waals surface area (Å²) in [4.78, 5) is 38.5. The zero-order valence-corrected chi connectivity index (χ0v) is 49.0. The van der Waals surface area contributed by atoms with Crippen molar-refractivity contribution in [3.05, 3.63) is 274 Å². The van der Waals surface area contributed by atoms with E-state index in [0.717, 1.165) is 173 Å². The Hall–Kier alpha value is -11.5. The third-order valence-corrected chi connectivity index (χ3v) is 17.2. The molecule has 4 N–H and O–H groups in total. The predicted molar refractivity (Wildman–Crippen MR) is 368 cm³/mol. The van der Waals surface area contributed by atoms with E-state index in [-0.39, 0.29) is 0 Å². The van der Waals surface area contributed by atoms with Crippen LogP contribution in [0.15, 0.2) is 206 Å². The average Bonchev–Trinajstić information content (AvgIpc) is 4.31. The Labute approximate surface area is 509 Å². The summed E-state index contributed by atoms with van der Waals surface area (Å²) in [6, 6.07) is 73.7. The van der Waals surface area contributed by atoms with E-state index in [4.69, 9.17) is 19.9 Å². The molecule has 0 fully saturated rings. The molecule has 4 aliphatic rings. The standard InChI is InChI=1S/C80H58N8/c1-47-15-23-53(24-16-47)75-60-32-31-57(81-60)45-58-46-59(80(82-58)78(56-29-21-50(4)22-30-56)70-42-39-64(86-70)74(52-13-9-6-10-14-52)63-33-36-65(75)83-63)79-71-43-40-68(87-71)76(54-25-17-48(2)18-26-54)66-37-34-61(84-66)73(51-11-7-5-8-12-51)62-35-38-67(85-62)77(69-41-44-72(79)88-69)55-27-19-49(3)20-28-55/h5-46,82-84,88H,1-4H3. The van der Waals surface area contributed by atoms with Crippen molar-refractivity contribution < 1.29 is 0 Å². The fraction of sp³-hybridized carbons (Fsp3) is 0.0500. The van der Waals surface area contributed by atoms with Crippen molar-refractivity contribution in [1.29, 1.82) is 0 Å². The quantitative estimate of drug-likeness (QED) is 0.127. The molecular formula is C80H58N8. The SMILES string of the molecule is Cc1ccc(-c2c3nc(cc4cc(-c5c6nc(c(-c7ccc(C)cc7)c7ccc([nH]7)c(-c7ccccc7)c7nc(c(-c8ccc(C)cc8)c8ccc5[nH]8)C=C7)C=C6)c([nH]4)c(-c4ccc(C)cc4)c4nc(c(-c5ccccc5)c5ccc2[nH]5)C=C4)C=C3)cc1. The maximum absolute atomic E-state index is 5.80. The molecule has 0 amide bonds. The van der Waals surface area contributed by atoms with E-state index in [2.05, 4.69) is 302 Å². The molecule has 6 aromatic carbocycles. The molecular weight excluding hydrogens is 1070 g/mol. The highest BCUT2D eigenvalue weighted by molar-refractivity contribution is 6.07. The predicted octanol–water partition coefficient (Wildman–Crippen LogP) is 20.5. The van der Waals surface area contributed by atoms with Gasteiger partial charge in [-0.25, -0.2) is 19.9 Å². The van der Waals surface area contributed by atoms with Gasteiger partial charge in [0.2, 0.25) is 0 Å². The summed E-state index contributed by atoms with van der Waals surface area (Å²) in [5.74, 6) is 0. The summed E-state index contributed by atoms with van der Waals surface area (Å²) in [6.07, 6.45) is 17.2. The Morgan fingerprint density at radius 3 is 0.886 bits per heavy atom. The van der Waals surface area contributed by atoms with E-state index in [9.17, 15) is 0 Å². The number of H-pyrrole nitrogens is 4. The van der Waals surface area contributed by atoms with E-state index < -0.39 is 0 Å². The van der Waals surface area contributed by atoms with Crippen LogP contribution in [0.1, 0.15) is 67.8 Å². The minimum absolute atomic E-state index is 0.791. The van der Waals surface area contributed by atoms with Crippen LogP contribution < -0.4 is 0 Å². The van der Waals surface area contributed by atoms with Crippen molar-refractivity contribution in [3.8, 4) is 77.9 Å². The number of nitrogens with one attached hydrogen (secondary N) is 4. The second kappa shape index (κ2) is 21.2. The van der Waals surface area contributed by atoms with Gasteiger partial charge in [-0.3, -0.25) is 0 Å². The first kappa shape index (κ1) is 52.1. The van der Waals surface area contributed by atoms with Crippen molar-refractivity contribution in [2.75, 3.05) is 0 Å². The minimum atomic E-state index is 0.791. The van der Waals surface area contributed by atoms with Crippen LogP contribution in [0.5, 0.6) is 0 Å². The molecule has 12 aromatic rings. The summed E-state index contributed by atoms with van der Waals surface area (Å²) in [5.41, 5.74) is 32.7. The van der Waals surface area contributed by atoms with Crippen LogP contribution >= 0.6 is 0 Å². The largest absolute Gasteiger partial charge is 0.354 e. The Balaban J connectivity index is 1.08. The van der Waals surface area contributed by atoms with Crippen molar-refractivity contribution in [2.24, 2.45) is 0 Å². The molecule has 8 heteroatoms. The van der Waals surface area contributed by atoms with Gasteiger partial charge < -0.3 is 19.9 Å². The van der Waals surface area contributed by atoms with Gasteiger partial charge in [-0.05, 0) is 158 Å². The molecule has 8 nitrogen and oxygen atoms in total. The maximum Gasteiger partial charge on any atom is 0.0738 e. The number of aromatic nitrogens is 8. The van der Waals surface area contributed by atoms with Gasteiger partial charge >= 0.3 is 0 Å². The van der Waals surface area contributed by atoms with Crippen LogP contribution in [0, 0.1) is 27.7 Å². The average molecular weight is 1130 g/mol. The molecule has 0 radical (unpaired) electrons. The summed E-state index contributed by atoms with van der Waals surface area (Å²) < 4.78 is 0. The zero-order valence-electron chi connectivity index (χ0n) is 49.0. The molecule has 0 aliphatic carbocycles. The number of hydrogen-bond acceptors (Lipinski definition) is 4. The first-order valence-corrected chi connectivity index (χ1v) is 29.9. The zero-order chi connectivity index (χ0) is 59.0. The number of fused-ring (bicyclic) bond motifs is 16. The van der Waals surface area contributed by atoms with Gasteiger partial charge in [0.25, 0.3) is 0 Å². The van der Waals surface area contributed by atoms with E-state index in [1.54, 1.807) is 0 Å². The second-order valence-electron chi connectivity index (χ2n) is 23.2. The van der Waals surface area contributed by atoms with E-state index in [1.807, 2.05) is 0 Å². The molecule has 4 aliphatic heterocycles. The molecule has 16 bridgehead atoms. The van der Waals surface area contributed by atoms with Gasteiger partial charge in [0.1, 0.15) is 0 Å². The first-order chi connectivity index (χ1) is 43.2. The van der Waals surface area contributed by atoms with Crippen molar-refractivity contribution >= 4 is 92.7 Å². The molecule has 88 heavy (non-hydrogen) atoms. The van der Waals surface area contributed by atoms with Gasteiger partial charge in [0, 0.05) is 83.1 Å². The molecule has 6 aromatic heterocycles. The van der Waals surface area contributed by atoms with Gasteiger partial charge in [0.05, 0.1) is 51.1 Å². The number of aromatic amines is 4. The Kier molecular flexibility index (Phi) is 12.6. The molecule has 16 rings (SSSR count). The maximum atomic E-state index is 5.80. The topological polar surface area (TPSA) is 115 Å². The fourth-order valence-electron chi connectivity index (χ4n) is 12.8. The summed E-state index contributed by atoms with van der Waals surface area (Å²) in [7, 11) is 0. The number of nitrogens with zero attached hydrogens (tertiary/aromatic N) is 4. The lowest BCUT2D eigenvalue weighted by molar-refractivity contribution is 1.31. The molecule has 0 unspecified atom stereocenters. The molecule has 418 valence electrons. The normalized spacial score (nSPS) is 12.4. The van der Waals surface area contributed by atoms with Gasteiger partial charge in [0.15, 0.2) is 0 Å². The van der Waals surface area contributed by atoms with Crippen LogP contribution in [0.2, 0.25) is 0 Å². The van der Waals surface area contributed by atoms with Crippen LogP contribution in [0.3, 0.4) is 0 Å². The van der Waals surface area contributed by atoms with E-state index in [1.165, 1.54) is 16.7 Å². The fourth-order valence-corrected chi connectivity index (χ4v) is 12.8. The molecule has 0 atom stereocenters. The molecule has 0 saturated carbocycles. The number of hydrogen-bond donors (Lipinski definition) is 4. The number of benzene rings is 6. The van der Waals surface area contributed by atoms with Crippen LogP contribution in [-0.2, 0) is 0 Å². The van der Waals surface area contributed by atoms with Gasteiger partial charge in [-0.15, -0.1) is 0 Å². The smallest absolute Gasteiger partial charge is 0.0738 e. The monoisotopic (exact) mass is 1130 g/mol. The number of aryl methyl sites for hydroxylation is 4. The Morgan fingerprint density at radius 2 is 0.523 bits per heavy atom. The van der Waals surface area contributed by atoms with Crippen molar-refractivity contribution in [3.63, 3.8) is 0 Å². The lowest BCUT2D eigenvalue weighted by Crippen LogP contribution is -1.91. The summed E-state index contributed by atoms with van der Waals surface area (Å²) in [5, 5.41) is 0. The van der Waals surface area contributed by atoms with Gasteiger partial charge in [-0.1, -0.05) is 180 Å². The summed E-state index contributed by atoms with van der Waals surface area (Å²) >= 11 is 0. The lowest BCUT2D eigenvalue weighted by Gasteiger charge is -2.09. The molecule has 0 spiro atoms. The number of rotatable bonds is 7. The van der Waals surface area contributed by atoms with Crippen molar-refractivity contribution in [2.45, 2.75) is 27.7 Å². The second-order valence-corrected chi connectivity index (χ2v) is 23.2. The highest BCUT2D eigenvalue weighted by atomic mass is 14.8. The van der Waals surface area contributed by atoms with E-state index >= 15 is 0 Å². The highest BCUT2D eigenvalue weighted by Crippen LogP contribution is 2.44. The van der Waals surface area contributed by atoms with Crippen LogP contribution in [-0.4, -0.2) is 39.9 Å². The summed E-state index contributed by atoms with van der Waals surface area (Å²) in [6.45, 7) is 8.51. The Bertz CT molecular complexity index is 5260. The third-order valence-electron chi connectivity index (χ3n) is 17.2. The van der Waals surface area contributed by atoms with E-state index in [0.29, 0.717) is 0 Å². The highest BCUT2D eigenvalue weighted by Gasteiger charge is 2.24. The van der Waals surface area contributed by atoms with Crippen LogP contribution in [0.4, 0.5) is 0 Å². The minimum Gasteiger partial charge on any atom is -0.354 e. The van der Waals surface area contributed by atoms with Crippen LogP contribution in [0.25, 0.3) is 171 Å². The molecule has 0 saturated heterocycles.